The van der Waals surface area contributed by atoms with Gasteiger partial charge in [-0.3, -0.25) is 9.69 Å². The van der Waals surface area contributed by atoms with Gasteiger partial charge in [0.25, 0.3) is 5.91 Å². The summed E-state index contributed by atoms with van der Waals surface area (Å²) in [5.41, 5.74) is 6.30. The molecule has 0 unspecified atom stereocenters. The third-order valence-corrected chi connectivity index (χ3v) is 8.91. The average Bonchev–Trinajstić information content (AvgIpc) is 3.55. The van der Waals surface area contributed by atoms with Crippen molar-refractivity contribution in [1.29, 1.82) is 0 Å². The summed E-state index contributed by atoms with van der Waals surface area (Å²) < 4.78 is 11.0. The Kier molecular flexibility index (Phi) is 10.9. The average molecular weight is 634 g/mol. The molecule has 5 aromatic rings. The molecule has 0 aliphatic heterocycles. The van der Waals surface area contributed by atoms with E-state index in [1.165, 1.54) is 22.5 Å². The van der Waals surface area contributed by atoms with E-state index in [4.69, 9.17) is 14.5 Å². The Labute approximate surface area is 277 Å². The number of hydrogen-bond acceptors (Lipinski definition) is 6. The minimum Gasteiger partial charge on any atom is -0.493 e. The maximum atomic E-state index is 13.5. The molecule has 0 aliphatic carbocycles. The number of methoxy groups -OCH3 is 2. The van der Waals surface area contributed by atoms with Gasteiger partial charge in [0.1, 0.15) is 10.7 Å². The molecule has 1 aromatic heterocycles. The third-order valence-electron chi connectivity index (χ3n) is 8.08. The number of benzene rings is 4. The van der Waals surface area contributed by atoms with E-state index in [-0.39, 0.29) is 17.4 Å². The van der Waals surface area contributed by atoms with E-state index in [2.05, 4.69) is 61.3 Å². The molecule has 4 aromatic carbocycles. The van der Waals surface area contributed by atoms with Gasteiger partial charge in [-0.1, -0.05) is 112 Å². The van der Waals surface area contributed by atoms with Gasteiger partial charge in [-0.2, -0.15) is 0 Å². The Morgan fingerprint density at radius 1 is 0.804 bits per heavy atom. The number of carbonyl (C=O) groups excluding carboxylic acids is 1. The molecule has 0 fully saturated rings. The van der Waals surface area contributed by atoms with Crippen LogP contribution in [0, 0.1) is 0 Å². The molecule has 1 heterocycles. The molecule has 0 spiro atoms. The highest BCUT2D eigenvalue weighted by Crippen LogP contribution is 2.29. The summed E-state index contributed by atoms with van der Waals surface area (Å²) in [6, 6.07) is 34.8. The van der Waals surface area contributed by atoms with Crippen LogP contribution in [0.3, 0.4) is 0 Å². The van der Waals surface area contributed by atoms with Crippen LogP contribution in [0.2, 0.25) is 0 Å². The number of aromatic nitrogens is 1. The Hall–Kier alpha value is -4.46. The van der Waals surface area contributed by atoms with Gasteiger partial charge in [0.2, 0.25) is 0 Å². The third kappa shape index (κ3) is 8.62. The normalized spacial score (nSPS) is 11.5. The van der Waals surface area contributed by atoms with Crippen molar-refractivity contribution in [3.63, 3.8) is 0 Å². The minimum absolute atomic E-state index is 0.101. The zero-order chi connectivity index (χ0) is 32.5. The predicted octanol–water partition coefficient (Wildman–Crippen LogP) is 8.22. The standard InChI is InChI=1S/C39H43N3O3S/c1-39(2,3)32-19-16-29(17-20-32)25-42(23-22-28-18-21-34(44-4)35(24-28)45-5)26-36-40-33(27-46-36)38(43)41-37(30-12-8-6-9-13-30)31-14-10-7-11-15-31/h6-21,24,27,37H,22-23,25-26H2,1-5H3,(H,41,43). The van der Waals surface area contributed by atoms with Gasteiger partial charge in [0.15, 0.2) is 11.5 Å². The van der Waals surface area contributed by atoms with Crippen molar-refractivity contribution in [2.75, 3.05) is 20.8 Å². The molecule has 238 valence electrons. The molecule has 0 saturated heterocycles. The number of nitrogens with zero attached hydrogens (tertiary/aromatic N) is 2. The second kappa shape index (κ2) is 15.2. The van der Waals surface area contributed by atoms with Gasteiger partial charge < -0.3 is 14.8 Å². The summed E-state index contributed by atoms with van der Waals surface area (Å²) in [5, 5.41) is 5.99. The van der Waals surface area contributed by atoms with Gasteiger partial charge in [-0.25, -0.2) is 4.98 Å². The van der Waals surface area contributed by atoms with Crippen molar-refractivity contribution in [1.82, 2.24) is 15.2 Å². The van der Waals surface area contributed by atoms with Crippen molar-refractivity contribution in [2.24, 2.45) is 0 Å². The quantitative estimate of drug-likeness (QED) is 0.142. The molecular formula is C39H43N3O3S. The highest BCUT2D eigenvalue weighted by atomic mass is 32.1. The summed E-state index contributed by atoms with van der Waals surface area (Å²) in [6.07, 6.45) is 0.828. The lowest BCUT2D eigenvalue weighted by molar-refractivity contribution is 0.0938. The second-order valence-corrected chi connectivity index (χ2v) is 13.4. The Bertz CT molecular complexity index is 1660. The second-order valence-electron chi connectivity index (χ2n) is 12.5. The van der Waals surface area contributed by atoms with Crippen LogP contribution < -0.4 is 14.8 Å². The highest BCUT2D eigenvalue weighted by Gasteiger charge is 2.21. The molecule has 1 amide bonds. The SMILES string of the molecule is COc1ccc(CCN(Cc2ccc(C(C)(C)C)cc2)Cc2nc(C(=O)NC(c3ccccc3)c3ccccc3)cs2)cc1OC. The van der Waals surface area contributed by atoms with Crippen molar-refractivity contribution >= 4 is 17.2 Å². The van der Waals surface area contributed by atoms with Gasteiger partial charge in [0.05, 0.1) is 26.8 Å². The van der Waals surface area contributed by atoms with Crippen LogP contribution in [0.5, 0.6) is 11.5 Å². The molecule has 0 saturated carbocycles. The van der Waals surface area contributed by atoms with Crippen LogP contribution in [0.25, 0.3) is 0 Å². The Morgan fingerprint density at radius 2 is 1.41 bits per heavy atom. The summed E-state index contributed by atoms with van der Waals surface area (Å²) in [6.45, 7) is 8.90. The monoisotopic (exact) mass is 633 g/mol. The first kappa shape index (κ1) is 32.9. The topological polar surface area (TPSA) is 63.7 Å². The summed E-state index contributed by atoms with van der Waals surface area (Å²) >= 11 is 1.52. The Balaban J connectivity index is 1.33. The van der Waals surface area contributed by atoms with Gasteiger partial charge >= 0.3 is 0 Å². The highest BCUT2D eigenvalue weighted by molar-refractivity contribution is 7.09. The van der Waals surface area contributed by atoms with Crippen LogP contribution in [-0.4, -0.2) is 36.6 Å². The summed E-state index contributed by atoms with van der Waals surface area (Å²) in [4.78, 5) is 20.7. The number of ether oxygens (including phenoxy) is 2. The van der Waals surface area contributed by atoms with Crippen LogP contribution in [0.1, 0.15) is 70.1 Å². The fourth-order valence-electron chi connectivity index (χ4n) is 5.44. The molecule has 7 heteroatoms. The van der Waals surface area contributed by atoms with E-state index in [1.807, 2.05) is 78.2 Å². The summed E-state index contributed by atoms with van der Waals surface area (Å²) in [5.74, 6) is 1.26. The number of rotatable bonds is 13. The lowest BCUT2D eigenvalue weighted by Gasteiger charge is -2.23. The lowest BCUT2D eigenvalue weighted by atomic mass is 9.87. The number of amides is 1. The first-order valence-electron chi connectivity index (χ1n) is 15.6. The maximum absolute atomic E-state index is 13.5. The lowest BCUT2D eigenvalue weighted by Crippen LogP contribution is -2.29. The fraction of sp³-hybridized carbons (Fsp3) is 0.282. The molecule has 0 radical (unpaired) electrons. The van der Waals surface area contributed by atoms with E-state index in [0.29, 0.717) is 12.2 Å². The van der Waals surface area contributed by atoms with Crippen molar-refractivity contribution in [3.05, 3.63) is 147 Å². The van der Waals surface area contributed by atoms with Gasteiger partial charge in [-0.05, 0) is 51.8 Å². The number of nitrogens with one attached hydrogen (secondary N) is 1. The van der Waals surface area contributed by atoms with Crippen LogP contribution in [0.4, 0.5) is 0 Å². The number of thiazole rings is 1. The zero-order valence-corrected chi connectivity index (χ0v) is 28.1. The molecule has 5 rings (SSSR count). The molecular weight excluding hydrogens is 591 g/mol. The molecule has 0 aliphatic rings. The van der Waals surface area contributed by atoms with E-state index < -0.39 is 0 Å². The van der Waals surface area contributed by atoms with Crippen LogP contribution in [0.15, 0.2) is 109 Å². The number of hydrogen-bond donors (Lipinski definition) is 1. The minimum atomic E-state index is -0.269. The van der Waals surface area contributed by atoms with Crippen molar-refractivity contribution in [3.8, 4) is 11.5 Å². The molecule has 6 nitrogen and oxygen atoms in total. The Morgan fingerprint density at radius 3 is 2.00 bits per heavy atom. The zero-order valence-electron chi connectivity index (χ0n) is 27.3. The largest absolute Gasteiger partial charge is 0.493 e. The van der Waals surface area contributed by atoms with E-state index in [1.54, 1.807) is 14.2 Å². The van der Waals surface area contributed by atoms with Gasteiger partial charge in [-0.15, -0.1) is 11.3 Å². The van der Waals surface area contributed by atoms with E-state index >= 15 is 0 Å². The van der Waals surface area contributed by atoms with Gasteiger partial charge in [0, 0.05) is 18.5 Å². The van der Waals surface area contributed by atoms with Crippen molar-refractivity contribution < 1.29 is 14.3 Å². The van der Waals surface area contributed by atoms with Crippen molar-refractivity contribution in [2.45, 2.75) is 51.7 Å². The fourth-order valence-corrected chi connectivity index (χ4v) is 6.26. The molecule has 0 bridgehead atoms. The summed E-state index contributed by atoms with van der Waals surface area (Å²) in [7, 11) is 3.31. The van der Waals surface area contributed by atoms with E-state index in [9.17, 15) is 4.79 Å². The molecule has 1 N–H and O–H groups in total. The first-order chi connectivity index (χ1) is 22.2. The maximum Gasteiger partial charge on any atom is 0.271 e. The molecule has 0 atom stereocenters. The molecule has 46 heavy (non-hydrogen) atoms. The van der Waals surface area contributed by atoms with E-state index in [0.717, 1.165) is 52.7 Å². The smallest absolute Gasteiger partial charge is 0.271 e. The number of carbonyl (C=O) groups is 1. The first-order valence-corrected chi connectivity index (χ1v) is 16.5. The predicted molar refractivity (Wildman–Crippen MR) is 187 cm³/mol. The van der Waals surface area contributed by atoms with Crippen LogP contribution in [-0.2, 0) is 24.9 Å². The van der Waals surface area contributed by atoms with Crippen LogP contribution >= 0.6 is 11.3 Å².